The van der Waals surface area contributed by atoms with Crippen LogP contribution in [0.15, 0.2) is 13.7 Å². The molecule has 12 heavy (non-hydrogen) atoms. The smallest absolute Gasteiger partial charge is 0.375 e. The molecule has 0 unspecified atom stereocenters. The zero-order chi connectivity index (χ0) is 8.39. The van der Waals surface area contributed by atoms with Gasteiger partial charge < -0.3 is 4.42 Å². The van der Waals surface area contributed by atoms with E-state index >= 15 is 0 Å². The van der Waals surface area contributed by atoms with Crippen molar-refractivity contribution in [1.29, 1.82) is 0 Å². The van der Waals surface area contributed by atoms with E-state index in [9.17, 15) is 4.79 Å². The minimum atomic E-state index is -0.692. The van der Waals surface area contributed by atoms with Crippen molar-refractivity contribution >= 4 is 0 Å². The van der Waals surface area contributed by atoms with E-state index in [0.29, 0.717) is 11.8 Å². The topological polar surface area (TPSA) is 56.2 Å². The van der Waals surface area contributed by atoms with Crippen molar-refractivity contribution in [1.82, 2.24) is 5.16 Å². The van der Waals surface area contributed by atoms with Gasteiger partial charge in [-0.1, -0.05) is 12.8 Å². The van der Waals surface area contributed by atoms with Crippen molar-refractivity contribution in [3.8, 4) is 0 Å². The maximum absolute atomic E-state index is 10.5. The Hall–Kier alpha value is -1.06. The summed E-state index contributed by atoms with van der Waals surface area (Å²) in [5.41, 5.74) is 0. The molecule has 1 aromatic heterocycles. The van der Waals surface area contributed by atoms with Gasteiger partial charge >= 0.3 is 5.82 Å². The van der Waals surface area contributed by atoms with Gasteiger partial charge in [0, 0.05) is 6.42 Å². The Morgan fingerprint density at radius 2 is 2.17 bits per heavy atom. The molecule has 66 valence electrons. The molecule has 0 radical (unpaired) electrons. The normalized spacial score (nSPS) is 18.7. The van der Waals surface area contributed by atoms with Gasteiger partial charge in [0.25, 0.3) is 0 Å². The third kappa shape index (κ3) is 1.57. The van der Waals surface area contributed by atoms with Crippen molar-refractivity contribution < 1.29 is 8.94 Å². The molecule has 1 aliphatic carbocycles. The van der Waals surface area contributed by atoms with Crippen molar-refractivity contribution in [2.75, 3.05) is 0 Å². The SMILES string of the molecule is O=c1onc(CC2CCCC2)o1. The molecule has 4 heteroatoms. The highest BCUT2D eigenvalue weighted by Crippen LogP contribution is 2.27. The highest BCUT2D eigenvalue weighted by atomic mass is 16.6. The fourth-order valence-electron chi connectivity index (χ4n) is 1.76. The van der Waals surface area contributed by atoms with Crippen LogP contribution in [0, 0.1) is 5.92 Å². The van der Waals surface area contributed by atoms with Crippen LogP contribution in [0.5, 0.6) is 0 Å². The van der Waals surface area contributed by atoms with Crippen molar-refractivity contribution in [2.24, 2.45) is 5.92 Å². The first-order valence-corrected chi connectivity index (χ1v) is 4.30. The van der Waals surface area contributed by atoms with E-state index in [1.807, 2.05) is 0 Å². The summed E-state index contributed by atoms with van der Waals surface area (Å²) in [6.07, 6.45) is 5.76. The van der Waals surface area contributed by atoms with Crippen molar-refractivity contribution in [3.05, 3.63) is 16.5 Å². The number of hydrogen-bond donors (Lipinski definition) is 0. The van der Waals surface area contributed by atoms with E-state index in [4.69, 9.17) is 4.42 Å². The van der Waals surface area contributed by atoms with Gasteiger partial charge in [-0.3, -0.25) is 4.52 Å². The lowest BCUT2D eigenvalue weighted by molar-refractivity contribution is 0.333. The molecule has 1 heterocycles. The molecular weight excluding hydrogens is 158 g/mol. The summed E-state index contributed by atoms with van der Waals surface area (Å²) in [7, 11) is 0. The molecule has 0 N–H and O–H groups in total. The molecule has 0 spiro atoms. The lowest BCUT2D eigenvalue weighted by Gasteiger charge is -2.01. The zero-order valence-electron chi connectivity index (χ0n) is 6.78. The molecule has 0 aromatic carbocycles. The molecule has 0 aliphatic heterocycles. The predicted octanol–water partition coefficient (Wildman–Crippen LogP) is 1.36. The van der Waals surface area contributed by atoms with E-state index in [2.05, 4.69) is 9.68 Å². The Morgan fingerprint density at radius 3 is 2.75 bits per heavy atom. The third-order valence-electron chi connectivity index (χ3n) is 2.36. The first kappa shape index (κ1) is 7.58. The summed E-state index contributed by atoms with van der Waals surface area (Å²) < 4.78 is 9.01. The fraction of sp³-hybridized carbons (Fsp3) is 0.750. The second-order valence-electron chi connectivity index (χ2n) is 3.28. The number of aromatic nitrogens is 1. The monoisotopic (exact) mass is 169 g/mol. The molecule has 1 aromatic rings. The van der Waals surface area contributed by atoms with E-state index in [0.717, 1.165) is 6.42 Å². The van der Waals surface area contributed by atoms with Gasteiger partial charge in [0.15, 0.2) is 0 Å². The number of rotatable bonds is 2. The quantitative estimate of drug-likeness (QED) is 0.670. The van der Waals surface area contributed by atoms with Gasteiger partial charge in [0.1, 0.15) is 0 Å². The van der Waals surface area contributed by atoms with E-state index in [1.165, 1.54) is 25.7 Å². The molecular formula is C8H11NO3. The lowest BCUT2D eigenvalue weighted by atomic mass is 10.0. The Balaban J connectivity index is 1.98. The van der Waals surface area contributed by atoms with Gasteiger partial charge in [0.05, 0.1) is 0 Å². The summed E-state index contributed by atoms with van der Waals surface area (Å²) in [6.45, 7) is 0. The first-order chi connectivity index (χ1) is 5.84. The summed E-state index contributed by atoms with van der Waals surface area (Å²) in [4.78, 5) is 10.5. The van der Waals surface area contributed by atoms with Crippen molar-refractivity contribution in [3.63, 3.8) is 0 Å². The third-order valence-corrected chi connectivity index (χ3v) is 2.36. The highest BCUT2D eigenvalue weighted by molar-refractivity contribution is 4.79. The summed E-state index contributed by atoms with van der Waals surface area (Å²) in [6, 6.07) is 0. The number of hydrogen-bond acceptors (Lipinski definition) is 4. The molecule has 0 atom stereocenters. The van der Waals surface area contributed by atoms with Crippen LogP contribution in [0.2, 0.25) is 0 Å². The molecule has 2 rings (SSSR count). The Bertz CT molecular complexity index is 295. The van der Waals surface area contributed by atoms with Crippen LogP contribution in [-0.2, 0) is 6.42 Å². The average Bonchev–Trinajstić information content (AvgIpc) is 2.63. The van der Waals surface area contributed by atoms with Gasteiger partial charge in [-0.15, -0.1) is 0 Å². The Morgan fingerprint density at radius 1 is 1.42 bits per heavy atom. The van der Waals surface area contributed by atoms with Gasteiger partial charge in [-0.05, 0) is 23.9 Å². The van der Waals surface area contributed by atoms with Gasteiger partial charge in [0.2, 0.25) is 5.89 Å². The second kappa shape index (κ2) is 3.13. The predicted molar refractivity (Wildman–Crippen MR) is 40.7 cm³/mol. The fourth-order valence-corrected chi connectivity index (χ4v) is 1.76. The van der Waals surface area contributed by atoms with E-state index in [1.54, 1.807) is 0 Å². The minimum absolute atomic E-state index is 0.451. The lowest BCUT2D eigenvalue weighted by Crippen LogP contribution is -1.98. The van der Waals surface area contributed by atoms with Crippen LogP contribution in [-0.4, -0.2) is 5.16 Å². The first-order valence-electron chi connectivity index (χ1n) is 4.30. The maximum atomic E-state index is 10.5. The molecule has 0 amide bonds. The highest BCUT2D eigenvalue weighted by Gasteiger charge is 2.18. The van der Waals surface area contributed by atoms with Gasteiger partial charge in [-0.25, -0.2) is 4.79 Å². The summed E-state index contributed by atoms with van der Waals surface area (Å²) >= 11 is 0. The van der Waals surface area contributed by atoms with Crippen LogP contribution in [0.4, 0.5) is 0 Å². The number of nitrogens with zero attached hydrogens (tertiary/aromatic N) is 1. The minimum Gasteiger partial charge on any atom is -0.375 e. The van der Waals surface area contributed by atoms with E-state index < -0.39 is 5.82 Å². The Kier molecular flexibility index (Phi) is 1.98. The average molecular weight is 169 g/mol. The standard InChI is InChI=1S/C8H11NO3/c10-8-11-7(9-12-8)5-6-3-1-2-4-6/h6H,1-5H2. The van der Waals surface area contributed by atoms with E-state index in [-0.39, 0.29) is 0 Å². The second-order valence-corrected chi connectivity index (χ2v) is 3.28. The Labute approximate surface area is 69.5 Å². The van der Waals surface area contributed by atoms with Crippen LogP contribution in [0.1, 0.15) is 31.6 Å². The molecule has 1 fully saturated rings. The molecule has 4 nitrogen and oxygen atoms in total. The molecule has 1 saturated carbocycles. The summed E-state index contributed by atoms with van der Waals surface area (Å²) in [5, 5.41) is 3.53. The molecule has 0 bridgehead atoms. The molecule has 0 saturated heterocycles. The maximum Gasteiger partial charge on any atom is 0.542 e. The van der Waals surface area contributed by atoms with Crippen LogP contribution in [0.25, 0.3) is 0 Å². The van der Waals surface area contributed by atoms with Crippen LogP contribution >= 0.6 is 0 Å². The largest absolute Gasteiger partial charge is 0.542 e. The zero-order valence-corrected chi connectivity index (χ0v) is 6.78. The summed E-state index contributed by atoms with van der Waals surface area (Å²) in [5.74, 6) is 0.396. The van der Waals surface area contributed by atoms with Gasteiger partial charge in [-0.2, -0.15) is 0 Å². The van der Waals surface area contributed by atoms with Crippen molar-refractivity contribution in [2.45, 2.75) is 32.1 Å². The van der Waals surface area contributed by atoms with Crippen LogP contribution < -0.4 is 5.82 Å². The molecule has 1 aliphatic rings. The van der Waals surface area contributed by atoms with Crippen LogP contribution in [0.3, 0.4) is 0 Å².